The van der Waals surface area contributed by atoms with Crippen molar-refractivity contribution in [2.24, 2.45) is 0 Å². The third-order valence-electron chi connectivity index (χ3n) is 2.76. The molecule has 7 nitrogen and oxygen atoms in total. The second-order valence-corrected chi connectivity index (χ2v) is 4.33. The SMILES string of the molecule is CC(C)[n+]1[nH]oc(=O)c1CNN1CCOCC1. The minimum absolute atomic E-state index is 0.169. The zero-order chi connectivity index (χ0) is 12.3. The first-order chi connectivity index (χ1) is 8.18. The van der Waals surface area contributed by atoms with Crippen LogP contribution in [0.5, 0.6) is 0 Å². The smallest absolute Gasteiger partial charge is 0.379 e. The summed E-state index contributed by atoms with van der Waals surface area (Å²) >= 11 is 0. The maximum Gasteiger partial charge on any atom is 0.431 e. The van der Waals surface area contributed by atoms with Crippen LogP contribution in [0.1, 0.15) is 25.6 Å². The molecule has 2 heterocycles. The van der Waals surface area contributed by atoms with Crippen LogP contribution in [0.4, 0.5) is 0 Å². The van der Waals surface area contributed by atoms with Gasteiger partial charge in [0.05, 0.1) is 13.2 Å². The van der Waals surface area contributed by atoms with Crippen LogP contribution in [0.15, 0.2) is 9.32 Å². The molecule has 0 bridgehead atoms. The van der Waals surface area contributed by atoms with Crippen molar-refractivity contribution in [1.29, 1.82) is 0 Å². The number of morpholine rings is 1. The average molecular weight is 243 g/mol. The predicted octanol–water partition coefficient (Wildman–Crippen LogP) is -0.827. The van der Waals surface area contributed by atoms with E-state index in [0.29, 0.717) is 12.2 Å². The summed E-state index contributed by atoms with van der Waals surface area (Å²) in [5.41, 5.74) is 3.50. The number of H-pyrrole nitrogens is 1. The number of aromatic amines is 1. The van der Waals surface area contributed by atoms with E-state index in [1.54, 1.807) is 4.68 Å². The van der Waals surface area contributed by atoms with Gasteiger partial charge in [-0.2, -0.15) is 0 Å². The number of aromatic nitrogens is 2. The predicted molar refractivity (Wildman–Crippen MR) is 59.1 cm³/mol. The number of hydrogen-bond donors (Lipinski definition) is 2. The van der Waals surface area contributed by atoms with E-state index in [9.17, 15) is 4.79 Å². The first-order valence-electron chi connectivity index (χ1n) is 5.86. The summed E-state index contributed by atoms with van der Waals surface area (Å²) in [5, 5.41) is 4.66. The molecule has 1 fully saturated rings. The number of ether oxygens (including phenoxy) is 1. The number of rotatable bonds is 4. The molecule has 7 heteroatoms. The first kappa shape index (κ1) is 12.3. The zero-order valence-electron chi connectivity index (χ0n) is 10.2. The molecule has 1 aliphatic heterocycles. The molecule has 0 aliphatic carbocycles. The van der Waals surface area contributed by atoms with Gasteiger partial charge in [-0.05, 0) is 19.1 Å². The summed E-state index contributed by atoms with van der Waals surface area (Å²) in [5.74, 6) is 0. The highest BCUT2D eigenvalue weighted by atomic mass is 16.5. The standard InChI is InChI=1S/C10H18N4O3/c1-8(2)14-9(10(15)17-12-14)7-11-13-3-5-16-6-4-13/h8,11H,3-7H2,1-2H3/p+1. The van der Waals surface area contributed by atoms with Crippen LogP contribution in [0.3, 0.4) is 0 Å². The largest absolute Gasteiger partial charge is 0.431 e. The van der Waals surface area contributed by atoms with Crippen molar-refractivity contribution in [3.05, 3.63) is 16.1 Å². The van der Waals surface area contributed by atoms with Crippen molar-refractivity contribution in [2.75, 3.05) is 26.3 Å². The highest BCUT2D eigenvalue weighted by Gasteiger charge is 2.24. The number of nitrogens with zero attached hydrogens (tertiary/aromatic N) is 2. The van der Waals surface area contributed by atoms with Crippen LogP contribution in [0.25, 0.3) is 0 Å². The van der Waals surface area contributed by atoms with Gasteiger partial charge in [0, 0.05) is 13.1 Å². The molecular weight excluding hydrogens is 224 g/mol. The van der Waals surface area contributed by atoms with Crippen LogP contribution >= 0.6 is 0 Å². The molecule has 0 spiro atoms. The topological polar surface area (TPSA) is 74.4 Å². The molecule has 0 aromatic carbocycles. The molecule has 0 radical (unpaired) electrons. The fourth-order valence-electron chi connectivity index (χ4n) is 1.79. The van der Waals surface area contributed by atoms with Crippen molar-refractivity contribution < 1.29 is 13.9 Å². The van der Waals surface area contributed by atoms with Gasteiger partial charge in [0.25, 0.3) is 0 Å². The Labute approximate surface area is 99.3 Å². The lowest BCUT2D eigenvalue weighted by Gasteiger charge is -2.26. The van der Waals surface area contributed by atoms with Crippen LogP contribution in [0, 0.1) is 0 Å². The molecule has 2 N–H and O–H groups in total. The van der Waals surface area contributed by atoms with E-state index < -0.39 is 0 Å². The number of hydrazine groups is 1. The normalized spacial score (nSPS) is 17.8. The summed E-state index contributed by atoms with van der Waals surface area (Å²) in [6.45, 7) is 7.55. The van der Waals surface area contributed by atoms with E-state index in [2.05, 4.69) is 15.7 Å². The van der Waals surface area contributed by atoms with Gasteiger partial charge in [-0.15, -0.1) is 0 Å². The molecule has 1 aromatic heterocycles. The lowest BCUT2D eigenvalue weighted by molar-refractivity contribution is -0.785. The van der Waals surface area contributed by atoms with E-state index in [0.717, 1.165) is 26.3 Å². The second kappa shape index (κ2) is 5.44. The molecule has 0 unspecified atom stereocenters. The molecule has 0 atom stereocenters. The average Bonchev–Trinajstić information content (AvgIpc) is 2.69. The fraction of sp³-hybridized carbons (Fsp3) is 0.800. The fourth-order valence-corrected chi connectivity index (χ4v) is 1.79. The summed E-state index contributed by atoms with van der Waals surface area (Å²) in [6.07, 6.45) is 0. The summed E-state index contributed by atoms with van der Waals surface area (Å²) in [4.78, 5) is 11.5. The Morgan fingerprint density at radius 3 is 2.82 bits per heavy atom. The minimum Gasteiger partial charge on any atom is -0.379 e. The van der Waals surface area contributed by atoms with Crippen molar-refractivity contribution in [2.45, 2.75) is 26.4 Å². The molecule has 96 valence electrons. The zero-order valence-corrected chi connectivity index (χ0v) is 10.2. The van der Waals surface area contributed by atoms with Crippen molar-refractivity contribution >= 4 is 0 Å². The Bertz CT molecular complexity index is 406. The van der Waals surface area contributed by atoms with E-state index in [4.69, 9.17) is 9.26 Å². The van der Waals surface area contributed by atoms with E-state index in [1.807, 2.05) is 13.8 Å². The third kappa shape index (κ3) is 2.93. The quantitative estimate of drug-likeness (QED) is 0.675. The summed E-state index contributed by atoms with van der Waals surface area (Å²) < 4.78 is 11.8. The van der Waals surface area contributed by atoms with Gasteiger partial charge in [0.15, 0.2) is 6.04 Å². The van der Waals surface area contributed by atoms with Crippen LogP contribution in [-0.2, 0) is 11.3 Å². The summed E-state index contributed by atoms with van der Waals surface area (Å²) in [7, 11) is 0. The van der Waals surface area contributed by atoms with E-state index in [1.165, 1.54) is 0 Å². The molecule has 0 amide bonds. The highest BCUT2D eigenvalue weighted by molar-refractivity contribution is 4.82. The number of nitrogens with one attached hydrogen (secondary N) is 2. The Morgan fingerprint density at radius 1 is 1.47 bits per heavy atom. The van der Waals surface area contributed by atoms with Crippen LogP contribution < -0.4 is 15.7 Å². The summed E-state index contributed by atoms with van der Waals surface area (Å²) in [6, 6.07) is 0.169. The maximum atomic E-state index is 11.5. The highest BCUT2D eigenvalue weighted by Crippen LogP contribution is 1.95. The first-order valence-corrected chi connectivity index (χ1v) is 5.86. The van der Waals surface area contributed by atoms with Gasteiger partial charge >= 0.3 is 11.3 Å². The minimum atomic E-state index is -0.320. The lowest BCUT2D eigenvalue weighted by Crippen LogP contribution is -2.50. The van der Waals surface area contributed by atoms with Gasteiger partial charge in [-0.1, -0.05) is 4.68 Å². The maximum absolute atomic E-state index is 11.5. The molecule has 1 saturated heterocycles. The third-order valence-corrected chi connectivity index (χ3v) is 2.76. The lowest BCUT2D eigenvalue weighted by atomic mass is 10.3. The monoisotopic (exact) mass is 243 g/mol. The second-order valence-electron chi connectivity index (χ2n) is 4.33. The number of hydrogen-bond acceptors (Lipinski definition) is 5. The van der Waals surface area contributed by atoms with Gasteiger partial charge < -0.3 is 4.74 Å². The Morgan fingerprint density at radius 2 is 2.18 bits per heavy atom. The molecule has 0 saturated carbocycles. The van der Waals surface area contributed by atoms with Gasteiger partial charge in [-0.25, -0.2) is 15.2 Å². The Kier molecular flexibility index (Phi) is 3.93. The van der Waals surface area contributed by atoms with Crippen LogP contribution in [-0.4, -0.2) is 36.6 Å². The van der Waals surface area contributed by atoms with Crippen molar-refractivity contribution in [1.82, 2.24) is 15.7 Å². The Hall–Kier alpha value is -1.18. The van der Waals surface area contributed by atoms with Crippen molar-refractivity contribution in [3.63, 3.8) is 0 Å². The Balaban J connectivity index is 1.98. The molecule has 1 aliphatic rings. The molecule has 17 heavy (non-hydrogen) atoms. The van der Waals surface area contributed by atoms with Gasteiger partial charge in [-0.3, -0.25) is 4.52 Å². The van der Waals surface area contributed by atoms with Crippen molar-refractivity contribution in [3.8, 4) is 0 Å². The van der Waals surface area contributed by atoms with E-state index in [-0.39, 0.29) is 11.7 Å². The molecule has 1 aromatic rings. The van der Waals surface area contributed by atoms with Crippen LogP contribution in [0.2, 0.25) is 0 Å². The molecule has 2 rings (SSSR count). The molecular formula is C10H19N4O3+. The van der Waals surface area contributed by atoms with Gasteiger partial charge in [0.2, 0.25) is 0 Å². The van der Waals surface area contributed by atoms with Gasteiger partial charge in [0.1, 0.15) is 6.54 Å². The van der Waals surface area contributed by atoms with E-state index >= 15 is 0 Å².